The monoisotopic (exact) mass is 545 g/mol. The van der Waals surface area contributed by atoms with E-state index >= 15 is 0 Å². The van der Waals surface area contributed by atoms with E-state index in [1.54, 1.807) is 7.11 Å². The molecule has 2 heterocycles. The van der Waals surface area contributed by atoms with Gasteiger partial charge in [-0.15, -0.1) is 0 Å². The predicted octanol–water partition coefficient (Wildman–Crippen LogP) is 4.62. The summed E-state index contributed by atoms with van der Waals surface area (Å²) in [5, 5.41) is 10.4. The number of likely N-dealkylation sites (tertiary alicyclic amines) is 1. The van der Waals surface area contributed by atoms with Gasteiger partial charge in [-0.2, -0.15) is 0 Å². The van der Waals surface area contributed by atoms with Crippen LogP contribution in [0.2, 0.25) is 0 Å². The van der Waals surface area contributed by atoms with E-state index in [2.05, 4.69) is 51.2 Å². The molecule has 0 aliphatic carbocycles. The van der Waals surface area contributed by atoms with Crippen LogP contribution in [0.4, 0.5) is 0 Å². The fourth-order valence-corrected chi connectivity index (χ4v) is 5.44. The number of aliphatic hydroxyl groups is 1. The zero-order valence-electron chi connectivity index (χ0n) is 20.9. The van der Waals surface area contributed by atoms with Crippen molar-refractivity contribution >= 4 is 21.9 Å². The van der Waals surface area contributed by atoms with Crippen LogP contribution in [0.5, 0.6) is 5.75 Å². The number of piperidine rings is 1. The molecule has 190 valence electrons. The molecule has 2 aromatic carbocycles. The maximum absolute atomic E-state index is 11.2. The van der Waals surface area contributed by atoms with Gasteiger partial charge in [-0.25, -0.2) is 0 Å². The van der Waals surface area contributed by atoms with E-state index in [4.69, 9.17) is 14.2 Å². The van der Waals surface area contributed by atoms with E-state index in [1.165, 1.54) is 30.9 Å². The van der Waals surface area contributed by atoms with Gasteiger partial charge in [-0.1, -0.05) is 34.1 Å². The molecule has 2 unspecified atom stereocenters. The molecule has 7 heteroatoms. The first-order valence-corrected chi connectivity index (χ1v) is 13.2. The highest BCUT2D eigenvalue weighted by Crippen LogP contribution is 2.40. The first-order valence-electron chi connectivity index (χ1n) is 12.4. The lowest BCUT2D eigenvalue weighted by molar-refractivity contribution is -0.142. The fourth-order valence-electron chi connectivity index (χ4n) is 5.08. The molecule has 1 fully saturated rings. The van der Waals surface area contributed by atoms with Crippen molar-refractivity contribution in [1.82, 2.24) is 4.90 Å². The number of carbonyl (C=O) groups excluding carboxylic acids is 1. The molecule has 1 saturated heterocycles. The number of hydrogen-bond donors (Lipinski definition) is 1. The van der Waals surface area contributed by atoms with Crippen molar-refractivity contribution in [1.29, 1.82) is 0 Å². The van der Waals surface area contributed by atoms with Gasteiger partial charge in [-0.05, 0) is 80.9 Å². The van der Waals surface area contributed by atoms with Gasteiger partial charge in [0.1, 0.15) is 30.7 Å². The predicted molar refractivity (Wildman–Crippen MR) is 138 cm³/mol. The van der Waals surface area contributed by atoms with E-state index < -0.39 is 11.7 Å². The Hall–Kier alpha value is -1.93. The molecule has 2 aliphatic heterocycles. The quantitative estimate of drug-likeness (QED) is 0.488. The topological polar surface area (TPSA) is 68.2 Å². The number of halogens is 1. The number of ether oxygens (including phenoxy) is 3. The van der Waals surface area contributed by atoms with Gasteiger partial charge < -0.3 is 24.2 Å². The minimum atomic E-state index is -0.743. The highest BCUT2D eigenvalue weighted by Gasteiger charge is 2.41. The molecular formula is C28H36BrNO5. The van der Waals surface area contributed by atoms with Crippen molar-refractivity contribution in [2.45, 2.75) is 57.8 Å². The Labute approximate surface area is 216 Å². The Kier molecular flexibility index (Phi) is 8.53. The number of carbonyl (C=O) groups is 1. The van der Waals surface area contributed by atoms with E-state index in [0.29, 0.717) is 12.5 Å². The van der Waals surface area contributed by atoms with Gasteiger partial charge in [0, 0.05) is 36.2 Å². The first-order chi connectivity index (χ1) is 16.8. The second-order valence-corrected chi connectivity index (χ2v) is 10.8. The molecule has 4 rings (SSSR count). The van der Waals surface area contributed by atoms with Crippen LogP contribution in [0, 0.1) is 5.92 Å². The van der Waals surface area contributed by atoms with E-state index in [9.17, 15) is 9.90 Å². The highest BCUT2D eigenvalue weighted by atomic mass is 79.9. The standard InChI is InChI=1S/C28H36BrNO5/c1-19(31)34-17-23-15-22(4-6-25(23)29)14-21-9-12-30(13-10-21)11-8-20-5-7-26-24(16-20)28(2,33-3)27(32)18-35-26/h4-7,15-16,21,27,32H,8-14,17-18H2,1-3H3. The number of nitrogens with zero attached hydrogens (tertiary/aromatic N) is 1. The highest BCUT2D eigenvalue weighted by molar-refractivity contribution is 9.10. The molecule has 0 spiro atoms. The lowest BCUT2D eigenvalue weighted by Crippen LogP contribution is -2.45. The third kappa shape index (κ3) is 6.26. The van der Waals surface area contributed by atoms with Crippen molar-refractivity contribution in [3.63, 3.8) is 0 Å². The number of hydrogen-bond acceptors (Lipinski definition) is 6. The van der Waals surface area contributed by atoms with E-state index in [1.807, 2.05) is 13.0 Å². The van der Waals surface area contributed by atoms with Crippen LogP contribution >= 0.6 is 15.9 Å². The van der Waals surface area contributed by atoms with Crippen molar-refractivity contribution in [2.24, 2.45) is 5.92 Å². The number of rotatable bonds is 8. The summed E-state index contributed by atoms with van der Waals surface area (Å²) in [5.41, 5.74) is 3.74. The second-order valence-electron chi connectivity index (χ2n) is 9.91. The number of aliphatic hydroxyl groups excluding tert-OH is 1. The summed E-state index contributed by atoms with van der Waals surface area (Å²) in [6.45, 7) is 7.14. The Balaban J connectivity index is 1.28. The third-order valence-electron chi connectivity index (χ3n) is 7.52. The molecule has 0 bridgehead atoms. The minimum Gasteiger partial charge on any atom is -0.490 e. The SMILES string of the molecule is COC1(C)c2cc(CCN3CCC(Cc4ccc(Br)c(COC(C)=O)c4)CC3)ccc2OCC1O. The molecule has 0 radical (unpaired) electrons. The Morgan fingerprint density at radius 2 is 1.94 bits per heavy atom. The van der Waals surface area contributed by atoms with Crippen molar-refractivity contribution in [3.8, 4) is 5.75 Å². The number of esters is 1. The lowest BCUT2D eigenvalue weighted by atomic mass is 9.86. The molecule has 2 atom stereocenters. The summed E-state index contributed by atoms with van der Waals surface area (Å²) < 4.78 is 17.6. The molecule has 2 aliphatic rings. The van der Waals surface area contributed by atoms with E-state index in [0.717, 1.165) is 53.8 Å². The first kappa shape index (κ1) is 26.1. The summed E-state index contributed by atoms with van der Waals surface area (Å²) in [6, 6.07) is 12.6. The zero-order valence-corrected chi connectivity index (χ0v) is 22.5. The van der Waals surface area contributed by atoms with Crippen LogP contribution in [0.1, 0.15) is 48.9 Å². The Morgan fingerprint density at radius 1 is 1.20 bits per heavy atom. The van der Waals surface area contributed by atoms with Crippen LogP contribution in [0.15, 0.2) is 40.9 Å². The fraction of sp³-hybridized carbons (Fsp3) is 0.536. The third-order valence-corrected chi connectivity index (χ3v) is 8.30. The minimum absolute atomic E-state index is 0.249. The van der Waals surface area contributed by atoms with Crippen LogP contribution < -0.4 is 4.74 Å². The number of methoxy groups -OCH3 is 1. The molecular weight excluding hydrogens is 510 g/mol. The second kappa shape index (κ2) is 11.4. The largest absolute Gasteiger partial charge is 0.490 e. The number of fused-ring (bicyclic) bond motifs is 1. The average Bonchev–Trinajstić information content (AvgIpc) is 2.86. The maximum Gasteiger partial charge on any atom is 0.302 e. The summed E-state index contributed by atoms with van der Waals surface area (Å²) >= 11 is 3.56. The van der Waals surface area contributed by atoms with Gasteiger partial charge in [0.15, 0.2) is 0 Å². The molecule has 1 N–H and O–H groups in total. The van der Waals surface area contributed by atoms with Gasteiger partial charge in [0.2, 0.25) is 0 Å². The van der Waals surface area contributed by atoms with Gasteiger partial charge in [-0.3, -0.25) is 4.79 Å². The lowest BCUT2D eigenvalue weighted by Gasteiger charge is -2.39. The molecule has 0 aromatic heterocycles. The summed E-state index contributed by atoms with van der Waals surface area (Å²) in [5.74, 6) is 1.20. The molecule has 6 nitrogen and oxygen atoms in total. The summed E-state index contributed by atoms with van der Waals surface area (Å²) in [6.07, 6.45) is 3.69. The van der Waals surface area contributed by atoms with Crippen molar-refractivity contribution in [2.75, 3.05) is 33.4 Å². The molecule has 2 aromatic rings. The Morgan fingerprint density at radius 3 is 2.66 bits per heavy atom. The van der Waals surface area contributed by atoms with Gasteiger partial charge in [0.25, 0.3) is 0 Å². The summed E-state index contributed by atoms with van der Waals surface area (Å²) in [7, 11) is 1.64. The normalized spacial score (nSPS) is 22.9. The zero-order chi connectivity index (χ0) is 25.0. The maximum atomic E-state index is 11.2. The van der Waals surface area contributed by atoms with Crippen LogP contribution in [0.3, 0.4) is 0 Å². The smallest absolute Gasteiger partial charge is 0.302 e. The molecule has 0 amide bonds. The summed E-state index contributed by atoms with van der Waals surface area (Å²) in [4.78, 5) is 13.7. The van der Waals surface area contributed by atoms with E-state index in [-0.39, 0.29) is 12.6 Å². The van der Waals surface area contributed by atoms with Crippen molar-refractivity contribution < 1.29 is 24.1 Å². The van der Waals surface area contributed by atoms with Crippen molar-refractivity contribution in [3.05, 3.63) is 63.1 Å². The molecule has 35 heavy (non-hydrogen) atoms. The van der Waals surface area contributed by atoms with Gasteiger partial charge in [0.05, 0.1) is 0 Å². The van der Waals surface area contributed by atoms with Crippen LogP contribution in [-0.4, -0.2) is 55.4 Å². The van der Waals surface area contributed by atoms with Crippen LogP contribution in [0.25, 0.3) is 0 Å². The average molecular weight is 547 g/mol. The van der Waals surface area contributed by atoms with Gasteiger partial charge >= 0.3 is 5.97 Å². The Bertz CT molecular complexity index is 1040. The van der Waals surface area contributed by atoms with Crippen LogP contribution in [-0.2, 0) is 39.3 Å². The number of benzene rings is 2. The molecule has 0 saturated carbocycles.